The van der Waals surface area contributed by atoms with Gasteiger partial charge in [0.15, 0.2) is 11.6 Å². The molecule has 1 aliphatic rings. The van der Waals surface area contributed by atoms with Crippen LogP contribution in [0.15, 0.2) is 12.1 Å². The third kappa shape index (κ3) is 3.72. The molecule has 1 aromatic carbocycles. The zero-order valence-corrected chi connectivity index (χ0v) is 16.1. The number of ether oxygens (including phenoxy) is 1. The van der Waals surface area contributed by atoms with Crippen molar-refractivity contribution in [2.45, 2.75) is 33.6 Å². The maximum absolute atomic E-state index is 14.5. The standard InChI is InChI=1S/C20H23F2N3O3/c1-4-28-20(27)16-11(2)17(23-12(16)3)19(26)24-13-9-14(21)18(15(22)10-13)25-7-5-6-8-25/h9-10,23H,4-8H2,1-3H3,(H,24,26). The Morgan fingerprint density at radius 2 is 1.79 bits per heavy atom. The fourth-order valence-corrected chi connectivity index (χ4v) is 3.56. The van der Waals surface area contributed by atoms with Crippen molar-refractivity contribution in [1.29, 1.82) is 0 Å². The van der Waals surface area contributed by atoms with Crippen LogP contribution in [0.2, 0.25) is 0 Å². The van der Waals surface area contributed by atoms with E-state index < -0.39 is 23.5 Å². The van der Waals surface area contributed by atoms with Gasteiger partial charge in [-0.25, -0.2) is 13.6 Å². The quantitative estimate of drug-likeness (QED) is 0.757. The summed E-state index contributed by atoms with van der Waals surface area (Å²) >= 11 is 0. The van der Waals surface area contributed by atoms with Crippen molar-refractivity contribution in [3.63, 3.8) is 0 Å². The highest BCUT2D eigenvalue weighted by Crippen LogP contribution is 2.30. The molecule has 0 atom stereocenters. The van der Waals surface area contributed by atoms with Crippen LogP contribution in [0.3, 0.4) is 0 Å². The maximum atomic E-state index is 14.5. The molecule has 0 radical (unpaired) electrons. The molecular weight excluding hydrogens is 368 g/mol. The lowest BCUT2D eigenvalue weighted by molar-refractivity contribution is 0.0525. The summed E-state index contributed by atoms with van der Waals surface area (Å²) in [5, 5.41) is 2.49. The lowest BCUT2D eigenvalue weighted by Gasteiger charge is -2.19. The number of rotatable bonds is 5. The number of hydrogen-bond donors (Lipinski definition) is 2. The van der Waals surface area contributed by atoms with Crippen LogP contribution in [-0.2, 0) is 4.74 Å². The van der Waals surface area contributed by atoms with Crippen molar-refractivity contribution in [3.8, 4) is 0 Å². The molecule has 1 saturated heterocycles. The van der Waals surface area contributed by atoms with Gasteiger partial charge in [-0.3, -0.25) is 4.79 Å². The van der Waals surface area contributed by atoms with Crippen molar-refractivity contribution >= 4 is 23.3 Å². The van der Waals surface area contributed by atoms with Crippen molar-refractivity contribution in [1.82, 2.24) is 4.98 Å². The zero-order valence-electron chi connectivity index (χ0n) is 16.1. The Labute approximate surface area is 161 Å². The number of anilines is 2. The van der Waals surface area contributed by atoms with Gasteiger partial charge < -0.3 is 19.9 Å². The Bertz CT molecular complexity index is 895. The van der Waals surface area contributed by atoms with Gasteiger partial charge in [0.05, 0.1) is 12.2 Å². The lowest BCUT2D eigenvalue weighted by atomic mass is 10.1. The van der Waals surface area contributed by atoms with Gasteiger partial charge in [0.1, 0.15) is 11.4 Å². The second-order valence-corrected chi connectivity index (χ2v) is 6.78. The maximum Gasteiger partial charge on any atom is 0.340 e. The molecule has 3 rings (SSSR count). The molecule has 28 heavy (non-hydrogen) atoms. The average molecular weight is 391 g/mol. The number of carbonyl (C=O) groups is 2. The van der Waals surface area contributed by atoms with E-state index in [1.807, 2.05) is 0 Å². The van der Waals surface area contributed by atoms with Gasteiger partial charge in [0, 0.05) is 24.5 Å². The van der Waals surface area contributed by atoms with E-state index in [2.05, 4.69) is 10.3 Å². The monoisotopic (exact) mass is 391 g/mol. The van der Waals surface area contributed by atoms with Crippen LogP contribution < -0.4 is 10.2 Å². The topological polar surface area (TPSA) is 74.4 Å². The molecule has 0 unspecified atom stereocenters. The summed E-state index contributed by atoms with van der Waals surface area (Å²) in [7, 11) is 0. The fraction of sp³-hybridized carbons (Fsp3) is 0.400. The van der Waals surface area contributed by atoms with Crippen LogP contribution in [0, 0.1) is 25.5 Å². The number of aromatic amines is 1. The van der Waals surface area contributed by atoms with Gasteiger partial charge in [-0.2, -0.15) is 0 Å². The molecule has 8 heteroatoms. The van der Waals surface area contributed by atoms with Gasteiger partial charge >= 0.3 is 5.97 Å². The largest absolute Gasteiger partial charge is 0.462 e. The summed E-state index contributed by atoms with van der Waals surface area (Å²) in [6.45, 7) is 6.39. The molecule has 0 spiro atoms. The van der Waals surface area contributed by atoms with Crippen LogP contribution in [0.4, 0.5) is 20.2 Å². The molecule has 0 saturated carbocycles. The van der Waals surface area contributed by atoms with Crippen LogP contribution in [0.5, 0.6) is 0 Å². The second kappa shape index (κ2) is 8.00. The number of benzene rings is 1. The number of esters is 1. The number of hydrogen-bond acceptors (Lipinski definition) is 4. The number of H-pyrrole nitrogens is 1. The Kier molecular flexibility index (Phi) is 5.67. The first-order valence-electron chi connectivity index (χ1n) is 9.25. The van der Waals surface area contributed by atoms with Gasteiger partial charge in [0.2, 0.25) is 0 Å². The summed E-state index contributed by atoms with van der Waals surface area (Å²) in [4.78, 5) is 29.2. The molecule has 0 bridgehead atoms. The van der Waals surface area contributed by atoms with Gasteiger partial charge in [-0.1, -0.05) is 0 Å². The van der Waals surface area contributed by atoms with E-state index in [9.17, 15) is 18.4 Å². The summed E-state index contributed by atoms with van der Waals surface area (Å²) < 4.78 is 33.9. The van der Waals surface area contributed by atoms with Crippen LogP contribution in [0.25, 0.3) is 0 Å². The molecule has 1 amide bonds. The van der Waals surface area contributed by atoms with Crippen molar-refractivity contribution in [2.75, 3.05) is 29.9 Å². The number of amides is 1. The number of carbonyl (C=O) groups excluding carboxylic acids is 2. The summed E-state index contributed by atoms with van der Waals surface area (Å²) in [5.41, 5.74) is 1.28. The van der Waals surface area contributed by atoms with E-state index >= 15 is 0 Å². The molecule has 2 N–H and O–H groups in total. The lowest BCUT2D eigenvalue weighted by Crippen LogP contribution is -2.21. The third-order valence-electron chi connectivity index (χ3n) is 4.84. The normalized spacial score (nSPS) is 13.7. The molecule has 1 fully saturated rings. The van der Waals surface area contributed by atoms with Crippen molar-refractivity contribution in [3.05, 3.63) is 46.3 Å². The van der Waals surface area contributed by atoms with Crippen LogP contribution >= 0.6 is 0 Å². The van der Waals surface area contributed by atoms with Crippen molar-refractivity contribution < 1.29 is 23.1 Å². The third-order valence-corrected chi connectivity index (χ3v) is 4.84. The van der Waals surface area contributed by atoms with E-state index in [1.54, 1.807) is 25.7 Å². The SMILES string of the molecule is CCOC(=O)c1c(C)[nH]c(C(=O)Nc2cc(F)c(N3CCCC3)c(F)c2)c1C. The van der Waals surface area contributed by atoms with E-state index in [4.69, 9.17) is 4.74 Å². The highest BCUT2D eigenvalue weighted by atomic mass is 19.1. The van der Waals surface area contributed by atoms with E-state index in [0.717, 1.165) is 25.0 Å². The van der Waals surface area contributed by atoms with Crippen LogP contribution in [-0.4, -0.2) is 36.6 Å². The highest BCUT2D eigenvalue weighted by Gasteiger charge is 2.24. The predicted octanol–water partition coefficient (Wildman–Crippen LogP) is 3.94. The Balaban J connectivity index is 1.84. The first kappa shape index (κ1) is 19.9. The molecule has 2 aromatic rings. The molecule has 150 valence electrons. The highest BCUT2D eigenvalue weighted by molar-refractivity contribution is 6.06. The second-order valence-electron chi connectivity index (χ2n) is 6.78. The molecule has 1 aromatic heterocycles. The summed E-state index contributed by atoms with van der Waals surface area (Å²) in [5.74, 6) is -2.56. The van der Waals surface area contributed by atoms with Crippen LogP contribution in [0.1, 0.15) is 51.9 Å². The number of aromatic nitrogens is 1. The van der Waals surface area contributed by atoms with Gasteiger partial charge in [-0.15, -0.1) is 0 Å². The van der Waals surface area contributed by atoms with E-state index in [-0.39, 0.29) is 29.2 Å². The molecular formula is C20H23F2N3O3. The molecule has 1 aliphatic heterocycles. The van der Waals surface area contributed by atoms with Gasteiger partial charge in [-0.05, 0) is 51.3 Å². The summed E-state index contributed by atoms with van der Waals surface area (Å²) in [6.07, 6.45) is 1.79. The predicted molar refractivity (Wildman–Crippen MR) is 102 cm³/mol. The van der Waals surface area contributed by atoms with Crippen molar-refractivity contribution in [2.24, 2.45) is 0 Å². The Morgan fingerprint density at radius 1 is 1.18 bits per heavy atom. The summed E-state index contributed by atoms with van der Waals surface area (Å²) in [6, 6.07) is 2.21. The molecule has 2 heterocycles. The average Bonchev–Trinajstić information content (AvgIpc) is 3.22. The zero-order chi connectivity index (χ0) is 20.4. The Hall–Kier alpha value is -2.90. The first-order valence-corrected chi connectivity index (χ1v) is 9.25. The first-order chi connectivity index (χ1) is 13.3. The number of halogens is 2. The molecule has 6 nitrogen and oxygen atoms in total. The number of nitrogens with one attached hydrogen (secondary N) is 2. The smallest absolute Gasteiger partial charge is 0.340 e. The fourth-order valence-electron chi connectivity index (χ4n) is 3.56. The number of aryl methyl sites for hydroxylation is 1. The number of nitrogens with zero attached hydrogens (tertiary/aromatic N) is 1. The van der Waals surface area contributed by atoms with E-state index in [0.29, 0.717) is 24.3 Å². The Morgan fingerprint density at radius 3 is 2.36 bits per heavy atom. The minimum Gasteiger partial charge on any atom is -0.462 e. The van der Waals surface area contributed by atoms with E-state index in [1.165, 1.54) is 0 Å². The molecule has 0 aliphatic carbocycles. The minimum atomic E-state index is -0.719. The minimum absolute atomic E-state index is 0.00675. The van der Waals surface area contributed by atoms with Gasteiger partial charge in [0.25, 0.3) is 5.91 Å².